The zero-order valence-corrected chi connectivity index (χ0v) is 21.5. The van der Waals surface area contributed by atoms with Gasteiger partial charge in [0.2, 0.25) is 0 Å². The van der Waals surface area contributed by atoms with E-state index in [1.807, 2.05) is 12.3 Å². The fraction of sp³-hybridized carbons (Fsp3) is 0. The van der Waals surface area contributed by atoms with Gasteiger partial charge in [-0.15, -0.1) is 0 Å². The first-order valence-corrected chi connectivity index (χ1v) is 13.3. The molecule has 0 atom stereocenters. The minimum atomic E-state index is 0.843. The van der Waals surface area contributed by atoms with E-state index in [2.05, 4.69) is 130 Å². The van der Waals surface area contributed by atoms with Crippen LogP contribution in [0.1, 0.15) is 0 Å². The summed E-state index contributed by atoms with van der Waals surface area (Å²) >= 11 is 3.50. The van der Waals surface area contributed by atoms with Gasteiger partial charge in [-0.1, -0.05) is 97.1 Å². The van der Waals surface area contributed by atoms with Crippen LogP contribution in [0.4, 0.5) is 0 Å². The summed E-state index contributed by atoms with van der Waals surface area (Å²) in [6, 6.07) is 42.1. The molecule has 0 spiro atoms. The Morgan fingerprint density at radius 2 is 0.919 bits per heavy atom. The third-order valence-electron chi connectivity index (χ3n) is 7.70. The van der Waals surface area contributed by atoms with Crippen molar-refractivity contribution in [2.75, 3.05) is 0 Å². The second kappa shape index (κ2) is 7.86. The van der Waals surface area contributed by atoms with Crippen molar-refractivity contribution in [2.45, 2.75) is 0 Å². The van der Waals surface area contributed by atoms with E-state index < -0.39 is 0 Å². The number of aromatic nitrogens is 1. The van der Waals surface area contributed by atoms with Gasteiger partial charge < -0.3 is 0 Å². The Hall–Kier alpha value is -4.27. The standard InChI is InChI=1S/C35H20BrN/c36-31-17-16-25(20-37-31)34-27-8-1-3-10-29(27)35(30-11-4-2-9-28(30)34)26-18-23-14-12-21-6-5-7-22-13-15-24(19-26)33(23)32(21)22/h1-20H. The quantitative estimate of drug-likeness (QED) is 0.122. The van der Waals surface area contributed by atoms with E-state index in [4.69, 9.17) is 0 Å². The molecular formula is C35H20BrN. The molecule has 0 N–H and O–H groups in total. The molecule has 1 heterocycles. The van der Waals surface area contributed by atoms with Gasteiger partial charge in [-0.2, -0.15) is 0 Å². The molecule has 7 aromatic carbocycles. The zero-order valence-electron chi connectivity index (χ0n) is 19.9. The van der Waals surface area contributed by atoms with Crippen LogP contribution in [0.3, 0.4) is 0 Å². The minimum Gasteiger partial charge on any atom is -0.249 e. The predicted molar refractivity (Wildman–Crippen MR) is 162 cm³/mol. The largest absolute Gasteiger partial charge is 0.249 e. The fourth-order valence-electron chi connectivity index (χ4n) is 6.17. The molecule has 8 rings (SSSR count). The lowest BCUT2D eigenvalue weighted by Crippen LogP contribution is -1.92. The molecule has 0 aliphatic heterocycles. The topological polar surface area (TPSA) is 12.9 Å². The fourth-order valence-corrected chi connectivity index (χ4v) is 6.41. The molecule has 172 valence electrons. The molecule has 0 bridgehead atoms. The SMILES string of the molecule is Brc1ccc(-c2c3ccccc3c(-c3cc4ccc5cccc6ccc(c3)c4c56)c3ccccc23)cn1. The molecular weight excluding hydrogens is 514 g/mol. The highest BCUT2D eigenvalue weighted by atomic mass is 79.9. The summed E-state index contributed by atoms with van der Waals surface area (Å²) in [4.78, 5) is 4.55. The van der Waals surface area contributed by atoms with Gasteiger partial charge in [-0.05, 0) is 105 Å². The monoisotopic (exact) mass is 533 g/mol. The highest BCUT2D eigenvalue weighted by Crippen LogP contribution is 2.45. The molecule has 0 unspecified atom stereocenters. The number of fused-ring (bicyclic) bond motifs is 2. The number of rotatable bonds is 2. The number of nitrogens with zero attached hydrogens (tertiary/aromatic N) is 1. The molecule has 1 aromatic heterocycles. The number of pyridine rings is 1. The Labute approximate surface area is 222 Å². The first-order chi connectivity index (χ1) is 18.3. The van der Waals surface area contributed by atoms with Gasteiger partial charge in [-0.25, -0.2) is 4.98 Å². The molecule has 2 heteroatoms. The summed E-state index contributed by atoms with van der Waals surface area (Å²) in [7, 11) is 0. The van der Waals surface area contributed by atoms with Crippen LogP contribution >= 0.6 is 15.9 Å². The van der Waals surface area contributed by atoms with Gasteiger partial charge in [0, 0.05) is 11.8 Å². The molecule has 1 nitrogen and oxygen atoms in total. The molecule has 0 radical (unpaired) electrons. The first kappa shape index (κ1) is 20.9. The van der Waals surface area contributed by atoms with Gasteiger partial charge in [-0.3, -0.25) is 0 Å². The van der Waals surface area contributed by atoms with Gasteiger partial charge in [0.1, 0.15) is 4.60 Å². The van der Waals surface area contributed by atoms with Gasteiger partial charge in [0.25, 0.3) is 0 Å². The van der Waals surface area contributed by atoms with Crippen molar-refractivity contribution >= 4 is 69.8 Å². The van der Waals surface area contributed by atoms with Crippen LogP contribution in [0, 0.1) is 0 Å². The summed E-state index contributed by atoms with van der Waals surface area (Å²) in [5.41, 5.74) is 4.88. The minimum absolute atomic E-state index is 0.843. The van der Waals surface area contributed by atoms with Crippen molar-refractivity contribution in [3.8, 4) is 22.3 Å². The van der Waals surface area contributed by atoms with Gasteiger partial charge in [0.05, 0.1) is 0 Å². The molecule has 8 aromatic rings. The maximum atomic E-state index is 4.55. The van der Waals surface area contributed by atoms with Crippen molar-refractivity contribution in [3.63, 3.8) is 0 Å². The molecule has 0 saturated heterocycles. The van der Waals surface area contributed by atoms with Crippen molar-refractivity contribution in [1.29, 1.82) is 0 Å². The maximum absolute atomic E-state index is 4.55. The lowest BCUT2D eigenvalue weighted by Gasteiger charge is -2.19. The highest BCUT2D eigenvalue weighted by Gasteiger charge is 2.18. The third-order valence-corrected chi connectivity index (χ3v) is 8.17. The highest BCUT2D eigenvalue weighted by molar-refractivity contribution is 9.10. The van der Waals surface area contributed by atoms with Crippen LogP contribution in [-0.2, 0) is 0 Å². The Bertz CT molecular complexity index is 2020. The van der Waals surface area contributed by atoms with E-state index in [1.54, 1.807) is 0 Å². The van der Waals surface area contributed by atoms with E-state index in [0.29, 0.717) is 0 Å². The Morgan fingerprint density at radius 1 is 0.432 bits per heavy atom. The smallest absolute Gasteiger partial charge is 0.106 e. The number of benzene rings is 7. The van der Waals surface area contributed by atoms with Crippen molar-refractivity contribution in [3.05, 3.63) is 126 Å². The van der Waals surface area contributed by atoms with Gasteiger partial charge in [0.15, 0.2) is 0 Å². The Balaban J connectivity index is 1.52. The average molecular weight is 534 g/mol. The van der Waals surface area contributed by atoms with E-state index in [1.165, 1.54) is 70.6 Å². The molecule has 0 aliphatic rings. The zero-order chi connectivity index (χ0) is 24.5. The lowest BCUT2D eigenvalue weighted by atomic mass is 9.85. The Morgan fingerprint density at radius 3 is 1.43 bits per heavy atom. The second-order valence-electron chi connectivity index (χ2n) is 9.72. The summed E-state index contributed by atoms with van der Waals surface area (Å²) in [6.07, 6.45) is 1.96. The molecule has 37 heavy (non-hydrogen) atoms. The maximum Gasteiger partial charge on any atom is 0.106 e. The van der Waals surface area contributed by atoms with E-state index in [0.717, 1.165) is 10.2 Å². The van der Waals surface area contributed by atoms with Crippen LogP contribution < -0.4 is 0 Å². The number of halogens is 1. The molecule has 0 saturated carbocycles. The average Bonchev–Trinajstić information content (AvgIpc) is 2.95. The number of hydrogen-bond acceptors (Lipinski definition) is 1. The van der Waals surface area contributed by atoms with E-state index in [-0.39, 0.29) is 0 Å². The van der Waals surface area contributed by atoms with Gasteiger partial charge >= 0.3 is 0 Å². The van der Waals surface area contributed by atoms with E-state index in [9.17, 15) is 0 Å². The summed E-state index contributed by atoms with van der Waals surface area (Å²) < 4.78 is 0.843. The van der Waals surface area contributed by atoms with Crippen molar-refractivity contribution in [1.82, 2.24) is 4.98 Å². The molecule has 0 aliphatic carbocycles. The van der Waals surface area contributed by atoms with Crippen LogP contribution in [-0.4, -0.2) is 4.98 Å². The molecule has 0 fully saturated rings. The summed E-state index contributed by atoms with van der Waals surface area (Å²) in [5.74, 6) is 0. The number of hydrogen-bond donors (Lipinski definition) is 0. The van der Waals surface area contributed by atoms with E-state index >= 15 is 0 Å². The second-order valence-corrected chi connectivity index (χ2v) is 10.5. The Kier molecular flexibility index (Phi) is 4.44. The van der Waals surface area contributed by atoms with Crippen LogP contribution in [0.15, 0.2) is 126 Å². The van der Waals surface area contributed by atoms with Crippen LogP contribution in [0.25, 0.3) is 76.1 Å². The third kappa shape index (κ3) is 3.06. The lowest BCUT2D eigenvalue weighted by molar-refractivity contribution is 1.28. The molecule has 0 amide bonds. The van der Waals surface area contributed by atoms with Crippen LogP contribution in [0.5, 0.6) is 0 Å². The van der Waals surface area contributed by atoms with Crippen molar-refractivity contribution in [2.24, 2.45) is 0 Å². The first-order valence-electron chi connectivity index (χ1n) is 12.5. The van der Waals surface area contributed by atoms with Crippen LogP contribution in [0.2, 0.25) is 0 Å². The normalized spacial score (nSPS) is 11.9. The van der Waals surface area contributed by atoms with Crippen molar-refractivity contribution < 1.29 is 0 Å². The predicted octanol–water partition coefficient (Wildman–Crippen LogP) is 10.4. The summed E-state index contributed by atoms with van der Waals surface area (Å²) in [6.45, 7) is 0. The summed E-state index contributed by atoms with van der Waals surface area (Å²) in [5, 5.41) is 12.9.